The molecular weight excluding hydrogens is 256 g/mol. The highest BCUT2D eigenvalue weighted by Gasteiger charge is 2.07. The van der Waals surface area contributed by atoms with Crippen LogP contribution < -0.4 is 0 Å². The second-order valence-electron chi connectivity index (χ2n) is 4.91. The third-order valence-corrected chi connectivity index (χ3v) is 3.02. The summed E-state index contributed by atoms with van der Waals surface area (Å²) < 4.78 is 11.1. The van der Waals surface area contributed by atoms with Gasteiger partial charge in [0.05, 0.1) is 11.5 Å². The number of ether oxygens (including phenoxy) is 2. The molecule has 2 rings (SSSR count). The molecule has 1 N–H and O–H groups in total. The van der Waals surface area contributed by atoms with E-state index in [4.69, 9.17) is 14.6 Å². The molecule has 0 unspecified atom stereocenters. The molecule has 4 nitrogen and oxygen atoms in total. The highest BCUT2D eigenvalue weighted by atomic mass is 16.5. The molecule has 0 fully saturated rings. The van der Waals surface area contributed by atoms with Crippen LogP contribution in [-0.4, -0.2) is 24.3 Å². The Morgan fingerprint density at radius 1 is 1.15 bits per heavy atom. The molecule has 0 spiro atoms. The van der Waals surface area contributed by atoms with Crippen molar-refractivity contribution in [1.82, 2.24) is 0 Å². The van der Waals surface area contributed by atoms with Crippen LogP contribution in [0.4, 0.5) is 0 Å². The predicted octanol–water partition coefficient (Wildman–Crippen LogP) is 3.80. The van der Waals surface area contributed by atoms with Crippen molar-refractivity contribution in [2.24, 2.45) is 0 Å². The SMILES string of the molecule is C1=C(OCCOC2=CCCC2)CCC1.C=C(C)C(=O)O. The molecule has 0 heterocycles. The molecule has 0 saturated heterocycles. The van der Waals surface area contributed by atoms with Gasteiger partial charge >= 0.3 is 5.97 Å². The molecule has 0 radical (unpaired) electrons. The Kier molecular flexibility index (Phi) is 7.55. The van der Waals surface area contributed by atoms with E-state index in [0.717, 1.165) is 24.4 Å². The van der Waals surface area contributed by atoms with Gasteiger partial charge in [0, 0.05) is 18.4 Å². The quantitative estimate of drug-likeness (QED) is 0.594. The van der Waals surface area contributed by atoms with Gasteiger partial charge in [-0.3, -0.25) is 0 Å². The monoisotopic (exact) mass is 280 g/mol. The van der Waals surface area contributed by atoms with Gasteiger partial charge in [0.15, 0.2) is 0 Å². The van der Waals surface area contributed by atoms with Crippen molar-refractivity contribution in [3.8, 4) is 0 Å². The summed E-state index contributed by atoms with van der Waals surface area (Å²) in [5.41, 5.74) is 0.176. The Bertz CT molecular complexity index is 355. The maximum absolute atomic E-state index is 9.60. The largest absolute Gasteiger partial charge is 0.495 e. The molecule has 2 aliphatic carbocycles. The molecule has 0 atom stereocenters. The second kappa shape index (κ2) is 9.23. The minimum atomic E-state index is -0.935. The lowest BCUT2D eigenvalue weighted by Crippen LogP contribution is -2.02. The minimum Gasteiger partial charge on any atom is -0.495 e. The first-order valence-corrected chi connectivity index (χ1v) is 7.12. The van der Waals surface area contributed by atoms with Crippen molar-refractivity contribution in [3.05, 3.63) is 35.8 Å². The van der Waals surface area contributed by atoms with Crippen LogP contribution in [0.25, 0.3) is 0 Å². The highest BCUT2D eigenvalue weighted by molar-refractivity contribution is 5.84. The Morgan fingerprint density at radius 3 is 1.80 bits per heavy atom. The van der Waals surface area contributed by atoms with Crippen LogP contribution in [0.15, 0.2) is 35.8 Å². The first kappa shape index (κ1) is 16.3. The fourth-order valence-electron chi connectivity index (χ4n) is 1.89. The molecule has 0 bridgehead atoms. The second-order valence-corrected chi connectivity index (χ2v) is 4.91. The van der Waals surface area contributed by atoms with Crippen LogP contribution in [0, 0.1) is 0 Å². The Hall–Kier alpha value is -1.71. The summed E-state index contributed by atoms with van der Waals surface area (Å²) in [6, 6.07) is 0. The average molecular weight is 280 g/mol. The average Bonchev–Trinajstić information content (AvgIpc) is 3.09. The maximum atomic E-state index is 9.60. The number of allylic oxidation sites excluding steroid dienone is 4. The molecule has 0 aromatic rings. The summed E-state index contributed by atoms with van der Waals surface area (Å²) in [5, 5.41) is 7.89. The van der Waals surface area contributed by atoms with Crippen molar-refractivity contribution in [1.29, 1.82) is 0 Å². The Morgan fingerprint density at radius 2 is 1.55 bits per heavy atom. The number of hydrogen-bond donors (Lipinski definition) is 1. The third-order valence-electron chi connectivity index (χ3n) is 3.02. The van der Waals surface area contributed by atoms with Crippen LogP contribution >= 0.6 is 0 Å². The highest BCUT2D eigenvalue weighted by Crippen LogP contribution is 2.20. The zero-order valence-corrected chi connectivity index (χ0v) is 12.2. The van der Waals surface area contributed by atoms with Gasteiger partial charge in [0.2, 0.25) is 0 Å². The van der Waals surface area contributed by atoms with E-state index in [1.807, 2.05) is 0 Å². The van der Waals surface area contributed by atoms with Crippen LogP contribution in [0.2, 0.25) is 0 Å². The summed E-state index contributed by atoms with van der Waals surface area (Å²) >= 11 is 0. The van der Waals surface area contributed by atoms with E-state index in [-0.39, 0.29) is 5.57 Å². The fraction of sp³-hybridized carbons (Fsp3) is 0.562. The molecular formula is C16H24O4. The van der Waals surface area contributed by atoms with Crippen molar-refractivity contribution < 1.29 is 19.4 Å². The lowest BCUT2D eigenvalue weighted by atomic mass is 10.4. The molecule has 4 heteroatoms. The zero-order chi connectivity index (χ0) is 14.8. The summed E-state index contributed by atoms with van der Waals surface area (Å²) in [5.74, 6) is 1.39. The number of carbonyl (C=O) groups is 1. The van der Waals surface area contributed by atoms with E-state index in [9.17, 15) is 4.79 Å². The van der Waals surface area contributed by atoms with Gasteiger partial charge in [-0.05, 0) is 44.8 Å². The van der Waals surface area contributed by atoms with Crippen molar-refractivity contribution >= 4 is 5.97 Å². The van der Waals surface area contributed by atoms with E-state index in [0.29, 0.717) is 13.2 Å². The predicted molar refractivity (Wildman–Crippen MR) is 78.2 cm³/mol. The van der Waals surface area contributed by atoms with Gasteiger partial charge in [-0.1, -0.05) is 6.58 Å². The topological polar surface area (TPSA) is 55.8 Å². The van der Waals surface area contributed by atoms with Gasteiger partial charge in [0.1, 0.15) is 13.2 Å². The van der Waals surface area contributed by atoms with Crippen LogP contribution in [-0.2, 0) is 14.3 Å². The molecule has 0 saturated carbocycles. The molecule has 0 amide bonds. The van der Waals surface area contributed by atoms with Gasteiger partial charge < -0.3 is 14.6 Å². The smallest absolute Gasteiger partial charge is 0.330 e. The molecule has 0 aromatic heterocycles. The van der Waals surface area contributed by atoms with E-state index in [1.54, 1.807) is 0 Å². The van der Waals surface area contributed by atoms with E-state index in [1.165, 1.54) is 32.6 Å². The number of carboxylic acids is 1. The van der Waals surface area contributed by atoms with Crippen molar-refractivity contribution in [2.45, 2.75) is 45.4 Å². The minimum absolute atomic E-state index is 0.176. The summed E-state index contributed by atoms with van der Waals surface area (Å²) in [6.07, 6.45) is 11.5. The molecule has 20 heavy (non-hydrogen) atoms. The summed E-state index contributed by atoms with van der Waals surface area (Å²) in [6.45, 7) is 6.00. The molecule has 2 aliphatic rings. The number of carboxylic acid groups (broad SMARTS) is 1. The van der Waals surface area contributed by atoms with Crippen LogP contribution in [0.3, 0.4) is 0 Å². The maximum Gasteiger partial charge on any atom is 0.330 e. The molecule has 0 aromatic carbocycles. The van der Waals surface area contributed by atoms with Crippen molar-refractivity contribution in [3.63, 3.8) is 0 Å². The summed E-state index contributed by atoms with van der Waals surface area (Å²) in [4.78, 5) is 9.60. The Labute approximate surface area is 120 Å². The van der Waals surface area contributed by atoms with Crippen LogP contribution in [0.5, 0.6) is 0 Å². The standard InChI is InChI=1S/C12H18O2.C4H6O2/c1-2-6-11(5-1)13-9-10-14-12-7-3-4-8-12;1-3(2)4(5)6/h5,7H,1-4,6,8-10H2;1H2,2H3,(H,5,6). The fourth-order valence-corrected chi connectivity index (χ4v) is 1.89. The van der Waals surface area contributed by atoms with E-state index < -0.39 is 5.97 Å². The van der Waals surface area contributed by atoms with Crippen LogP contribution in [0.1, 0.15) is 45.4 Å². The van der Waals surface area contributed by atoms with E-state index >= 15 is 0 Å². The lowest BCUT2D eigenvalue weighted by Gasteiger charge is -2.09. The Balaban J connectivity index is 0.000000286. The summed E-state index contributed by atoms with van der Waals surface area (Å²) in [7, 11) is 0. The third kappa shape index (κ3) is 7.02. The number of hydrogen-bond acceptors (Lipinski definition) is 3. The molecule has 112 valence electrons. The number of aliphatic carboxylic acids is 1. The number of rotatable bonds is 6. The van der Waals surface area contributed by atoms with Gasteiger partial charge in [-0.2, -0.15) is 0 Å². The van der Waals surface area contributed by atoms with Gasteiger partial charge in [0.25, 0.3) is 0 Å². The lowest BCUT2D eigenvalue weighted by molar-refractivity contribution is -0.132. The molecule has 0 aliphatic heterocycles. The normalized spacial score (nSPS) is 16.6. The van der Waals surface area contributed by atoms with Gasteiger partial charge in [-0.25, -0.2) is 4.79 Å². The van der Waals surface area contributed by atoms with E-state index in [2.05, 4.69) is 18.7 Å². The zero-order valence-electron chi connectivity index (χ0n) is 12.2. The first-order valence-electron chi connectivity index (χ1n) is 7.12. The first-order chi connectivity index (χ1) is 9.59. The van der Waals surface area contributed by atoms with Gasteiger partial charge in [-0.15, -0.1) is 0 Å². The van der Waals surface area contributed by atoms with Crippen molar-refractivity contribution in [2.75, 3.05) is 13.2 Å².